The van der Waals surface area contributed by atoms with Crippen molar-refractivity contribution in [2.75, 3.05) is 13.2 Å². The van der Waals surface area contributed by atoms with Crippen molar-refractivity contribution < 1.29 is 39.8 Å². The first-order valence-corrected chi connectivity index (χ1v) is 34.8. The van der Waals surface area contributed by atoms with Crippen LogP contribution >= 0.6 is 0 Å². The van der Waals surface area contributed by atoms with Crippen molar-refractivity contribution in [1.82, 2.24) is 5.32 Å². The van der Waals surface area contributed by atoms with E-state index < -0.39 is 49.5 Å². The Morgan fingerprint density at radius 3 is 1.15 bits per heavy atom. The number of hydrogen-bond acceptors (Lipinski definition) is 8. The Kier molecular flexibility index (Phi) is 57.4. The van der Waals surface area contributed by atoms with E-state index in [1.165, 1.54) is 250 Å². The summed E-state index contributed by atoms with van der Waals surface area (Å²) < 4.78 is 11.4. The SMILES string of the molecule is CC/C=C\C/C=C\C/C=C\C/C=C\CCCCCCCCCCCCCCC(=O)NC(COC1OC(CO)C(O)C(O)C1O)C(O)CCCCCCCCCCCCCCCCCCCCCCCCCCCCCCCCCC. The number of rotatable bonds is 61. The summed E-state index contributed by atoms with van der Waals surface area (Å²) in [5.41, 5.74) is 0. The molecule has 9 heteroatoms. The number of ether oxygens (including phenoxy) is 2. The van der Waals surface area contributed by atoms with Gasteiger partial charge in [0.1, 0.15) is 24.4 Å². The van der Waals surface area contributed by atoms with E-state index >= 15 is 0 Å². The zero-order valence-corrected chi connectivity index (χ0v) is 52.6. The fraction of sp³-hybridized carbons (Fsp3) is 0.873. The van der Waals surface area contributed by atoms with E-state index in [1.54, 1.807) is 0 Å². The number of nitrogens with one attached hydrogen (secondary N) is 1. The van der Waals surface area contributed by atoms with Crippen LogP contribution in [0, 0.1) is 0 Å². The number of aliphatic hydroxyl groups excluding tert-OH is 5. The second kappa shape index (κ2) is 60.3. The molecule has 0 radical (unpaired) electrons. The van der Waals surface area contributed by atoms with Gasteiger partial charge in [0.25, 0.3) is 0 Å². The number of unbranched alkanes of at least 4 members (excludes halogenated alkanes) is 43. The number of allylic oxidation sites excluding steroid dienone is 8. The Hall–Kier alpha value is -1.85. The fourth-order valence-electron chi connectivity index (χ4n) is 11.3. The molecule has 470 valence electrons. The molecule has 6 N–H and O–H groups in total. The topological polar surface area (TPSA) is 149 Å². The maximum Gasteiger partial charge on any atom is 0.220 e. The number of carbonyl (C=O) groups excluding carboxylic acids is 1. The third kappa shape index (κ3) is 48.5. The Morgan fingerprint density at radius 1 is 0.438 bits per heavy atom. The van der Waals surface area contributed by atoms with Gasteiger partial charge in [-0.05, 0) is 51.4 Å². The van der Waals surface area contributed by atoms with Gasteiger partial charge in [-0.25, -0.2) is 0 Å². The average Bonchev–Trinajstić information content (AvgIpc) is 3.46. The molecule has 1 aliphatic rings. The van der Waals surface area contributed by atoms with Crippen LogP contribution in [-0.4, -0.2) is 87.5 Å². The van der Waals surface area contributed by atoms with Crippen LogP contribution in [0.5, 0.6) is 0 Å². The van der Waals surface area contributed by atoms with Crippen LogP contribution < -0.4 is 5.32 Å². The highest BCUT2D eigenvalue weighted by Crippen LogP contribution is 2.24. The first-order chi connectivity index (χ1) is 39.3. The molecule has 1 amide bonds. The number of carbonyl (C=O) groups is 1. The van der Waals surface area contributed by atoms with Crippen molar-refractivity contribution in [2.45, 2.75) is 384 Å². The van der Waals surface area contributed by atoms with Gasteiger partial charge in [0.05, 0.1) is 25.4 Å². The molecule has 1 aliphatic heterocycles. The lowest BCUT2D eigenvalue weighted by atomic mass is 9.99. The number of amides is 1. The van der Waals surface area contributed by atoms with Crippen molar-refractivity contribution >= 4 is 5.91 Å². The second-order valence-electron chi connectivity index (χ2n) is 24.3. The largest absolute Gasteiger partial charge is 0.394 e. The standard InChI is InChI=1S/C71H133NO8/c1-3-5-7-9-11-13-15-17-19-21-23-25-27-29-30-31-32-33-34-35-37-38-40-42-44-46-48-50-52-54-56-58-60-65(74)64(63-79-71-70(78)69(77)68(76)66(62-73)80-71)72-67(75)61-59-57-55-53-51-49-47-45-43-41-39-36-28-26-24-22-20-18-16-14-12-10-8-6-4-2/h6,8,12,14,18,20,24,26,64-66,68-71,73-74,76-78H,3-5,7,9-11,13,15-17,19,21-23,25,27-63H2,1-2H3,(H,72,75)/b8-6-,14-12-,20-18-,26-24-. The van der Waals surface area contributed by atoms with Crippen LogP contribution in [0.1, 0.15) is 341 Å². The summed E-state index contributed by atoms with van der Waals surface area (Å²) in [6, 6.07) is -0.723. The lowest BCUT2D eigenvalue weighted by molar-refractivity contribution is -0.302. The zero-order chi connectivity index (χ0) is 57.9. The molecule has 0 aromatic heterocycles. The minimum absolute atomic E-state index is 0.138. The van der Waals surface area contributed by atoms with E-state index in [0.29, 0.717) is 12.8 Å². The third-order valence-electron chi connectivity index (χ3n) is 16.7. The third-order valence-corrected chi connectivity index (χ3v) is 16.7. The molecule has 0 saturated carbocycles. The summed E-state index contributed by atoms with van der Waals surface area (Å²) in [4.78, 5) is 13.1. The average molecular weight is 1130 g/mol. The molecule has 9 nitrogen and oxygen atoms in total. The van der Waals surface area contributed by atoms with Gasteiger partial charge in [0.2, 0.25) is 5.91 Å². The van der Waals surface area contributed by atoms with Gasteiger partial charge in [-0.15, -0.1) is 0 Å². The van der Waals surface area contributed by atoms with Crippen LogP contribution in [0.3, 0.4) is 0 Å². The van der Waals surface area contributed by atoms with Crippen molar-refractivity contribution in [2.24, 2.45) is 0 Å². The Bertz CT molecular complexity index is 1400. The Labute approximate surface area is 494 Å². The summed E-state index contributed by atoms with van der Waals surface area (Å²) in [5, 5.41) is 54.9. The predicted molar refractivity (Wildman–Crippen MR) is 341 cm³/mol. The molecule has 0 bridgehead atoms. The monoisotopic (exact) mass is 1130 g/mol. The van der Waals surface area contributed by atoms with Crippen molar-refractivity contribution in [1.29, 1.82) is 0 Å². The van der Waals surface area contributed by atoms with Crippen LogP contribution in [-0.2, 0) is 14.3 Å². The van der Waals surface area contributed by atoms with Gasteiger partial charge < -0.3 is 40.3 Å². The molecule has 0 spiro atoms. The van der Waals surface area contributed by atoms with Crippen molar-refractivity contribution in [3.63, 3.8) is 0 Å². The van der Waals surface area contributed by atoms with Crippen LogP contribution in [0.25, 0.3) is 0 Å². The molecule has 1 fully saturated rings. The molecular formula is C71H133NO8. The maximum atomic E-state index is 13.1. The quantitative estimate of drug-likeness (QED) is 0.0261. The van der Waals surface area contributed by atoms with Crippen LogP contribution in [0.15, 0.2) is 48.6 Å². The smallest absolute Gasteiger partial charge is 0.220 e. The van der Waals surface area contributed by atoms with E-state index in [4.69, 9.17) is 9.47 Å². The van der Waals surface area contributed by atoms with Gasteiger partial charge in [-0.2, -0.15) is 0 Å². The van der Waals surface area contributed by atoms with Gasteiger partial charge in [-0.3, -0.25) is 4.79 Å². The minimum atomic E-state index is -1.56. The van der Waals surface area contributed by atoms with Gasteiger partial charge >= 0.3 is 0 Å². The summed E-state index contributed by atoms with van der Waals surface area (Å²) in [5.74, 6) is -0.143. The first-order valence-electron chi connectivity index (χ1n) is 34.8. The lowest BCUT2D eigenvalue weighted by Gasteiger charge is -2.40. The maximum absolute atomic E-state index is 13.1. The summed E-state index contributed by atoms with van der Waals surface area (Å²) in [6.45, 7) is 3.77. The first kappa shape index (κ1) is 76.2. The van der Waals surface area contributed by atoms with Crippen molar-refractivity contribution in [3.05, 3.63) is 48.6 Å². The molecule has 7 atom stereocenters. The molecule has 7 unspecified atom stereocenters. The van der Waals surface area contributed by atoms with Crippen LogP contribution in [0.2, 0.25) is 0 Å². The molecule has 0 aromatic rings. The van der Waals surface area contributed by atoms with Gasteiger partial charge in [0, 0.05) is 6.42 Å². The molecule has 1 saturated heterocycles. The van der Waals surface area contributed by atoms with Gasteiger partial charge in [-0.1, -0.05) is 332 Å². The van der Waals surface area contributed by atoms with Gasteiger partial charge in [0.15, 0.2) is 6.29 Å². The van der Waals surface area contributed by atoms with Crippen molar-refractivity contribution in [3.8, 4) is 0 Å². The minimum Gasteiger partial charge on any atom is -0.394 e. The molecule has 1 heterocycles. The second-order valence-corrected chi connectivity index (χ2v) is 24.3. The predicted octanol–water partition coefficient (Wildman–Crippen LogP) is 18.8. The molecule has 80 heavy (non-hydrogen) atoms. The Morgan fingerprint density at radius 2 is 0.775 bits per heavy atom. The number of hydrogen-bond donors (Lipinski definition) is 6. The molecule has 1 rings (SSSR count). The van der Waals surface area contributed by atoms with Crippen LogP contribution in [0.4, 0.5) is 0 Å². The highest BCUT2D eigenvalue weighted by Gasteiger charge is 2.44. The normalized spacial score (nSPS) is 18.7. The van der Waals surface area contributed by atoms with E-state index in [9.17, 15) is 30.3 Å². The van der Waals surface area contributed by atoms with E-state index in [0.717, 1.165) is 64.2 Å². The highest BCUT2D eigenvalue weighted by atomic mass is 16.7. The summed E-state index contributed by atoms with van der Waals surface area (Å²) in [7, 11) is 0. The molecule has 0 aromatic carbocycles. The summed E-state index contributed by atoms with van der Waals surface area (Å²) in [6.07, 6.45) is 74.6. The fourth-order valence-corrected chi connectivity index (χ4v) is 11.3. The summed E-state index contributed by atoms with van der Waals surface area (Å²) >= 11 is 0. The van der Waals surface area contributed by atoms with E-state index in [1.807, 2.05) is 0 Å². The zero-order valence-electron chi connectivity index (χ0n) is 52.6. The lowest BCUT2D eigenvalue weighted by Crippen LogP contribution is -2.60. The molecule has 0 aliphatic carbocycles. The molecular weight excluding hydrogens is 995 g/mol. The Balaban J connectivity index is 2.11. The number of aliphatic hydroxyl groups is 5. The van der Waals surface area contributed by atoms with E-state index in [2.05, 4.69) is 67.8 Å². The highest BCUT2D eigenvalue weighted by molar-refractivity contribution is 5.76. The van der Waals surface area contributed by atoms with E-state index in [-0.39, 0.29) is 12.5 Å².